The Bertz CT molecular complexity index is 874. The van der Waals surface area contributed by atoms with Gasteiger partial charge in [0.15, 0.2) is 0 Å². The Morgan fingerprint density at radius 1 is 0.967 bits per heavy atom. The maximum atomic E-state index is 12.7. The number of rotatable bonds is 5. The van der Waals surface area contributed by atoms with Gasteiger partial charge in [0.05, 0.1) is 7.11 Å². The molecule has 3 amide bonds. The van der Waals surface area contributed by atoms with E-state index in [-0.39, 0.29) is 11.9 Å². The molecule has 4 rings (SSSR count). The summed E-state index contributed by atoms with van der Waals surface area (Å²) in [4.78, 5) is 26.8. The van der Waals surface area contributed by atoms with Crippen LogP contribution in [-0.2, 0) is 0 Å². The Kier molecular flexibility index (Phi) is 6.21. The van der Waals surface area contributed by atoms with E-state index < -0.39 is 0 Å². The molecule has 2 fully saturated rings. The Balaban J connectivity index is 1.29. The minimum absolute atomic E-state index is 0.0401. The second-order valence-electron chi connectivity index (χ2n) is 8.17. The van der Waals surface area contributed by atoms with Gasteiger partial charge in [-0.2, -0.15) is 0 Å². The average Bonchev–Trinajstić information content (AvgIpc) is 3.47. The Morgan fingerprint density at radius 3 is 2.33 bits per heavy atom. The van der Waals surface area contributed by atoms with Gasteiger partial charge in [0.25, 0.3) is 5.91 Å². The number of likely N-dealkylation sites (tertiary alicyclic amines) is 1. The molecule has 0 aromatic heterocycles. The van der Waals surface area contributed by atoms with Crippen molar-refractivity contribution in [1.29, 1.82) is 0 Å². The van der Waals surface area contributed by atoms with Gasteiger partial charge in [0.1, 0.15) is 5.75 Å². The predicted molar refractivity (Wildman–Crippen MR) is 117 cm³/mol. The van der Waals surface area contributed by atoms with Gasteiger partial charge in [-0.3, -0.25) is 4.79 Å². The van der Waals surface area contributed by atoms with Crippen molar-refractivity contribution in [2.24, 2.45) is 0 Å². The highest BCUT2D eigenvalue weighted by atomic mass is 16.5. The van der Waals surface area contributed by atoms with Crippen molar-refractivity contribution in [3.8, 4) is 5.75 Å². The van der Waals surface area contributed by atoms with Crippen LogP contribution in [0, 0.1) is 0 Å². The number of urea groups is 1. The van der Waals surface area contributed by atoms with Crippen molar-refractivity contribution in [3.63, 3.8) is 0 Å². The number of nitrogens with zero attached hydrogens (tertiary/aromatic N) is 1. The molecule has 6 nitrogen and oxygen atoms in total. The zero-order valence-electron chi connectivity index (χ0n) is 17.4. The number of amides is 3. The smallest absolute Gasteiger partial charge is 0.321 e. The Labute approximate surface area is 177 Å². The third-order valence-corrected chi connectivity index (χ3v) is 6.15. The van der Waals surface area contributed by atoms with Crippen LogP contribution in [0.4, 0.5) is 10.5 Å². The predicted octanol–water partition coefficient (Wildman–Crippen LogP) is 4.39. The van der Waals surface area contributed by atoms with Crippen LogP contribution >= 0.6 is 0 Å². The van der Waals surface area contributed by atoms with Crippen LogP contribution in [0.3, 0.4) is 0 Å². The third kappa shape index (κ3) is 4.75. The number of methoxy groups -OCH3 is 1. The van der Waals surface area contributed by atoms with E-state index >= 15 is 0 Å². The fraction of sp³-hybridized carbons (Fsp3) is 0.417. The number of hydrogen-bond donors (Lipinski definition) is 2. The maximum Gasteiger partial charge on any atom is 0.321 e. The lowest BCUT2D eigenvalue weighted by molar-refractivity contribution is 0.0938. The first-order chi connectivity index (χ1) is 14.6. The zero-order chi connectivity index (χ0) is 20.9. The number of benzene rings is 2. The van der Waals surface area contributed by atoms with Gasteiger partial charge in [0.2, 0.25) is 0 Å². The van der Waals surface area contributed by atoms with E-state index in [1.807, 2.05) is 17.0 Å². The van der Waals surface area contributed by atoms with E-state index in [1.165, 1.54) is 18.4 Å². The highest BCUT2D eigenvalue weighted by Gasteiger charge is 2.27. The lowest BCUT2D eigenvalue weighted by Crippen LogP contribution is -2.33. The number of hydrogen-bond acceptors (Lipinski definition) is 3. The summed E-state index contributed by atoms with van der Waals surface area (Å²) in [5.41, 5.74) is 2.55. The Hall–Kier alpha value is -3.02. The molecule has 30 heavy (non-hydrogen) atoms. The number of anilines is 1. The number of nitrogens with one attached hydrogen (secondary N) is 2. The molecule has 1 aliphatic carbocycles. The molecule has 1 saturated carbocycles. The first kappa shape index (κ1) is 20.3. The van der Waals surface area contributed by atoms with E-state index in [0.717, 1.165) is 31.6 Å². The normalized spacial score (nSPS) is 19.0. The van der Waals surface area contributed by atoms with Crippen LogP contribution in [0.5, 0.6) is 5.75 Å². The Morgan fingerprint density at radius 2 is 1.67 bits per heavy atom. The van der Waals surface area contributed by atoms with Crippen molar-refractivity contribution in [2.45, 2.75) is 44.1 Å². The molecule has 0 radical (unpaired) electrons. The summed E-state index contributed by atoms with van der Waals surface area (Å²) in [7, 11) is 1.66. The van der Waals surface area contributed by atoms with Crippen molar-refractivity contribution in [1.82, 2.24) is 10.2 Å². The monoisotopic (exact) mass is 407 g/mol. The topological polar surface area (TPSA) is 70.7 Å². The van der Waals surface area contributed by atoms with Gasteiger partial charge >= 0.3 is 6.03 Å². The minimum atomic E-state index is -0.103. The van der Waals surface area contributed by atoms with Crippen molar-refractivity contribution >= 4 is 17.6 Å². The van der Waals surface area contributed by atoms with Crippen molar-refractivity contribution < 1.29 is 14.3 Å². The van der Waals surface area contributed by atoms with E-state index in [9.17, 15) is 9.59 Å². The highest BCUT2D eigenvalue weighted by molar-refractivity contribution is 5.95. The molecule has 2 aromatic rings. The molecule has 6 heteroatoms. The van der Waals surface area contributed by atoms with Crippen LogP contribution in [-0.4, -0.2) is 43.1 Å². The van der Waals surface area contributed by atoms with Gasteiger partial charge < -0.3 is 20.3 Å². The van der Waals surface area contributed by atoms with E-state index in [2.05, 4.69) is 22.8 Å². The lowest BCUT2D eigenvalue weighted by atomic mass is 9.98. The van der Waals surface area contributed by atoms with Crippen LogP contribution in [0.1, 0.15) is 53.9 Å². The van der Waals surface area contributed by atoms with E-state index in [4.69, 9.17) is 4.74 Å². The minimum Gasteiger partial charge on any atom is -0.497 e. The highest BCUT2D eigenvalue weighted by Crippen LogP contribution is 2.29. The van der Waals surface area contributed by atoms with Crippen LogP contribution in [0.15, 0.2) is 48.5 Å². The molecule has 1 saturated heterocycles. The summed E-state index contributed by atoms with van der Waals surface area (Å²) < 4.78 is 5.21. The first-order valence-corrected chi connectivity index (χ1v) is 10.7. The van der Waals surface area contributed by atoms with Crippen LogP contribution < -0.4 is 15.4 Å². The van der Waals surface area contributed by atoms with Gasteiger partial charge in [-0.1, -0.05) is 25.0 Å². The molecule has 2 aliphatic rings. The van der Waals surface area contributed by atoms with E-state index in [1.54, 1.807) is 31.4 Å². The first-order valence-electron chi connectivity index (χ1n) is 10.7. The number of carbonyl (C=O) groups excluding carboxylic acids is 2. The van der Waals surface area contributed by atoms with Crippen molar-refractivity contribution in [2.75, 3.05) is 25.5 Å². The summed E-state index contributed by atoms with van der Waals surface area (Å²) in [6.07, 6.45) is 5.44. The SMILES string of the molecule is COc1ccc(C2CCN(C(=O)Nc3ccc(C(=O)NC4CCCC4)cc3)C2)cc1. The van der Waals surface area contributed by atoms with Gasteiger partial charge in [0, 0.05) is 36.3 Å². The molecule has 1 unspecified atom stereocenters. The quantitative estimate of drug-likeness (QED) is 0.772. The second kappa shape index (κ2) is 9.20. The van der Waals surface area contributed by atoms with Crippen molar-refractivity contribution in [3.05, 3.63) is 59.7 Å². The second-order valence-corrected chi connectivity index (χ2v) is 8.17. The fourth-order valence-corrected chi connectivity index (χ4v) is 4.34. The molecule has 0 bridgehead atoms. The standard InChI is InChI=1S/C24H29N3O3/c1-30-22-12-8-17(9-13-22)19-14-15-27(16-19)24(29)26-21-10-6-18(7-11-21)23(28)25-20-4-2-3-5-20/h6-13,19-20H,2-5,14-16H2,1H3,(H,25,28)(H,26,29). The maximum absolute atomic E-state index is 12.7. The number of ether oxygens (including phenoxy) is 1. The molecular formula is C24H29N3O3. The number of carbonyl (C=O) groups is 2. The molecular weight excluding hydrogens is 378 g/mol. The van der Waals surface area contributed by atoms with Gasteiger partial charge in [-0.25, -0.2) is 4.79 Å². The molecule has 158 valence electrons. The summed E-state index contributed by atoms with van der Waals surface area (Å²) in [5.74, 6) is 1.14. The van der Waals surface area contributed by atoms with Gasteiger partial charge in [-0.05, 0) is 61.2 Å². The third-order valence-electron chi connectivity index (χ3n) is 6.15. The van der Waals surface area contributed by atoms with Gasteiger partial charge in [-0.15, -0.1) is 0 Å². The molecule has 0 spiro atoms. The molecule has 1 atom stereocenters. The average molecular weight is 408 g/mol. The fourth-order valence-electron chi connectivity index (χ4n) is 4.34. The molecule has 1 aliphatic heterocycles. The van der Waals surface area contributed by atoms with Crippen LogP contribution in [0.2, 0.25) is 0 Å². The molecule has 1 heterocycles. The largest absolute Gasteiger partial charge is 0.497 e. The zero-order valence-corrected chi connectivity index (χ0v) is 17.4. The summed E-state index contributed by atoms with van der Waals surface area (Å²) in [6, 6.07) is 15.4. The molecule has 2 N–H and O–H groups in total. The van der Waals surface area contributed by atoms with Crippen LogP contribution in [0.25, 0.3) is 0 Å². The lowest BCUT2D eigenvalue weighted by Gasteiger charge is -2.18. The summed E-state index contributed by atoms with van der Waals surface area (Å²) >= 11 is 0. The van der Waals surface area contributed by atoms with E-state index in [0.29, 0.717) is 29.8 Å². The summed E-state index contributed by atoms with van der Waals surface area (Å²) in [5, 5.41) is 6.03. The molecule has 2 aromatic carbocycles. The summed E-state index contributed by atoms with van der Waals surface area (Å²) in [6.45, 7) is 1.42.